The number of nitrogens with one attached hydrogen (secondary N) is 2. The molecule has 0 spiro atoms. The van der Waals surface area contributed by atoms with E-state index in [2.05, 4.69) is 36.4 Å². The molecule has 0 aliphatic rings. The molecule has 1 amide bonds. The van der Waals surface area contributed by atoms with Gasteiger partial charge in [-0.3, -0.25) is 9.89 Å². The van der Waals surface area contributed by atoms with Crippen LogP contribution in [0.15, 0.2) is 33.9 Å². The molecule has 1 aromatic carbocycles. The maximum Gasteiger partial charge on any atom is 0.234 e. The van der Waals surface area contributed by atoms with Gasteiger partial charge in [0.15, 0.2) is 0 Å². The van der Waals surface area contributed by atoms with E-state index in [1.807, 2.05) is 31.2 Å². The first-order chi connectivity index (χ1) is 9.17. The molecule has 5 nitrogen and oxygen atoms in total. The minimum Gasteiger partial charge on any atom is -0.325 e. The molecule has 0 atom stereocenters. The van der Waals surface area contributed by atoms with Gasteiger partial charge in [-0.2, -0.15) is 0 Å². The van der Waals surface area contributed by atoms with E-state index in [4.69, 9.17) is 0 Å². The molecule has 2 rings (SSSR count). The van der Waals surface area contributed by atoms with Crippen molar-refractivity contribution in [1.29, 1.82) is 0 Å². The summed E-state index contributed by atoms with van der Waals surface area (Å²) in [5.41, 5.74) is 0.776. The quantitative estimate of drug-likeness (QED) is 0.821. The Bertz CT molecular complexity index is 555. The topological polar surface area (TPSA) is 70.7 Å². The van der Waals surface area contributed by atoms with Gasteiger partial charge in [0, 0.05) is 16.6 Å². The summed E-state index contributed by atoms with van der Waals surface area (Å²) in [4.78, 5) is 16.0. The zero-order valence-electron chi connectivity index (χ0n) is 10.3. The minimum atomic E-state index is -0.0739. The van der Waals surface area contributed by atoms with Gasteiger partial charge < -0.3 is 5.32 Å². The predicted molar refractivity (Wildman–Crippen MR) is 79.3 cm³/mol. The number of hydrogen-bond donors (Lipinski definition) is 2. The van der Waals surface area contributed by atoms with Gasteiger partial charge in [-0.05, 0) is 24.3 Å². The third kappa shape index (κ3) is 4.36. The lowest BCUT2D eigenvalue weighted by Crippen LogP contribution is -2.13. The summed E-state index contributed by atoms with van der Waals surface area (Å²) in [6.45, 7) is 2.00. The Morgan fingerprint density at radius 1 is 1.42 bits per heavy atom. The van der Waals surface area contributed by atoms with E-state index in [1.54, 1.807) is 0 Å². The molecule has 0 saturated carbocycles. The van der Waals surface area contributed by atoms with Crippen LogP contribution in [-0.2, 0) is 11.2 Å². The minimum absolute atomic E-state index is 0.0739. The number of carbonyl (C=O) groups excluding carboxylic acids is 1. The molecule has 0 saturated heterocycles. The highest BCUT2D eigenvalue weighted by Gasteiger charge is 2.07. The third-order valence-electron chi connectivity index (χ3n) is 2.31. The van der Waals surface area contributed by atoms with Crippen molar-refractivity contribution in [2.45, 2.75) is 18.5 Å². The third-order valence-corrected chi connectivity index (χ3v) is 3.68. The molecule has 0 aliphatic heterocycles. The van der Waals surface area contributed by atoms with Gasteiger partial charge in [0.1, 0.15) is 5.82 Å². The molecule has 0 bridgehead atoms. The van der Waals surface area contributed by atoms with Crippen molar-refractivity contribution in [2.75, 3.05) is 11.1 Å². The van der Waals surface area contributed by atoms with Crippen molar-refractivity contribution in [3.63, 3.8) is 0 Å². The number of rotatable bonds is 5. The largest absolute Gasteiger partial charge is 0.325 e. The summed E-state index contributed by atoms with van der Waals surface area (Å²) in [6, 6.07) is 7.44. The number of anilines is 1. The van der Waals surface area contributed by atoms with E-state index in [-0.39, 0.29) is 11.7 Å². The number of H-pyrrole nitrogens is 1. The lowest BCUT2D eigenvalue weighted by molar-refractivity contribution is -0.113. The normalized spacial score (nSPS) is 10.4. The smallest absolute Gasteiger partial charge is 0.234 e. The van der Waals surface area contributed by atoms with E-state index in [0.717, 1.165) is 22.4 Å². The number of amides is 1. The Labute approximate surface area is 123 Å². The van der Waals surface area contributed by atoms with Gasteiger partial charge in [-0.25, -0.2) is 4.98 Å². The molecule has 0 aliphatic carbocycles. The van der Waals surface area contributed by atoms with Crippen molar-refractivity contribution < 1.29 is 4.79 Å². The zero-order valence-corrected chi connectivity index (χ0v) is 12.7. The molecular weight excluding hydrogens is 328 g/mol. The fraction of sp³-hybridized carbons (Fsp3) is 0.250. The molecular formula is C12H13BrN4OS. The van der Waals surface area contributed by atoms with Gasteiger partial charge in [-0.15, -0.1) is 5.10 Å². The lowest BCUT2D eigenvalue weighted by atomic mass is 10.3. The zero-order chi connectivity index (χ0) is 13.7. The molecule has 1 heterocycles. The van der Waals surface area contributed by atoms with Crippen LogP contribution in [0.4, 0.5) is 5.69 Å². The van der Waals surface area contributed by atoms with Gasteiger partial charge in [0.25, 0.3) is 0 Å². The van der Waals surface area contributed by atoms with Crippen LogP contribution in [-0.4, -0.2) is 26.8 Å². The van der Waals surface area contributed by atoms with E-state index in [9.17, 15) is 4.79 Å². The second kappa shape index (κ2) is 6.72. The van der Waals surface area contributed by atoms with Crippen LogP contribution in [0.25, 0.3) is 0 Å². The maximum absolute atomic E-state index is 11.7. The van der Waals surface area contributed by atoms with Crippen LogP contribution in [0.1, 0.15) is 12.7 Å². The van der Waals surface area contributed by atoms with Gasteiger partial charge in [-0.1, -0.05) is 34.6 Å². The molecule has 19 heavy (non-hydrogen) atoms. The van der Waals surface area contributed by atoms with Gasteiger partial charge >= 0.3 is 0 Å². The molecule has 0 unspecified atom stereocenters. The average molecular weight is 341 g/mol. The Balaban J connectivity index is 1.82. The summed E-state index contributed by atoms with van der Waals surface area (Å²) < 4.78 is 0.979. The number of thioether (sulfide) groups is 1. The summed E-state index contributed by atoms with van der Waals surface area (Å²) in [5.74, 6) is 1.04. The fourth-order valence-corrected chi connectivity index (χ4v) is 2.24. The highest BCUT2D eigenvalue weighted by molar-refractivity contribution is 9.10. The van der Waals surface area contributed by atoms with E-state index in [0.29, 0.717) is 5.16 Å². The van der Waals surface area contributed by atoms with Gasteiger partial charge in [0.05, 0.1) is 5.75 Å². The van der Waals surface area contributed by atoms with Crippen molar-refractivity contribution >= 4 is 39.3 Å². The number of aryl methyl sites for hydroxylation is 1. The molecule has 100 valence electrons. The second-order valence-electron chi connectivity index (χ2n) is 3.76. The van der Waals surface area contributed by atoms with Crippen LogP contribution in [0.2, 0.25) is 0 Å². The number of aromatic amines is 1. The average Bonchev–Trinajstić information content (AvgIpc) is 2.87. The predicted octanol–water partition coefficient (Wildman–Crippen LogP) is 2.86. The summed E-state index contributed by atoms with van der Waals surface area (Å²) in [5, 5.41) is 10.2. The molecule has 7 heteroatoms. The van der Waals surface area contributed by atoms with Crippen LogP contribution in [0.3, 0.4) is 0 Å². The Morgan fingerprint density at radius 2 is 2.16 bits per heavy atom. The Kier molecular flexibility index (Phi) is 4.98. The summed E-state index contributed by atoms with van der Waals surface area (Å²) in [7, 11) is 0. The van der Waals surface area contributed by atoms with Crippen molar-refractivity contribution in [3.8, 4) is 0 Å². The standard InChI is InChI=1S/C12H13BrN4OS/c1-2-10-15-12(17-16-10)19-7-11(18)14-9-5-3-8(13)4-6-9/h3-6H,2,7H2,1H3,(H,14,18)(H,15,16,17). The molecule has 1 aromatic heterocycles. The summed E-state index contributed by atoms with van der Waals surface area (Å²) in [6.07, 6.45) is 0.804. The van der Waals surface area contributed by atoms with Crippen LogP contribution in [0.5, 0.6) is 0 Å². The van der Waals surface area contributed by atoms with E-state index in [1.165, 1.54) is 11.8 Å². The Hall–Kier alpha value is -1.34. The van der Waals surface area contributed by atoms with Crippen molar-refractivity contribution in [2.24, 2.45) is 0 Å². The number of hydrogen-bond acceptors (Lipinski definition) is 4. The molecule has 2 N–H and O–H groups in total. The number of aromatic nitrogens is 3. The summed E-state index contributed by atoms with van der Waals surface area (Å²) >= 11 is 4.66. The number of nitrogens with zero attached hydrogens (tertiary/aromatic N) is 2. The Morgan fingerprint density at radius 3 is 2.79 bits per heavy atom. The number of benzene rings is 1. The van der Waals surface area contributed by atoms with Gasteiger partial charge in [0.2, 0.25) is 11.1 Å². The van der Waals surface area contributed by atoms with Crippen LogP contribution in [0, 0.1) is 0 Å². The first kappa shape index (κ1) is 14.1. The van der Waals surface area contributed by atoms with Crippen molar-refractivity contribution in [3.05, 3.63) is 34.6 Å². The van der Waals surface area contributed by atoms with Crippen molar-refractivity contribution in [1.82, 2.24) is 15.2 Å². The molecule has 0 radical (unpaired) electrons. The van der Waals surface area contributed by atoms with Crippen LogP contribution < -0.4 is 5.32 Å². The lowest BCUT2D eigenvalue weighted by Gasteiger charge is -2.03. The first-order valence-electron chi connectivity index (χ1n) is 5.77. The molecule has 2 aromatic rings. The second-order valence-corrected chi connectivity index (χ2v) is 5.62. The maximum atomic E-state index is 11.7. The first-order valence-corrected chi connectivity index (χ1v) is 7.54. The van der Waals surface area contributed by atoms with E-state index >= 15 is 0 Å². The fourth-order valence-electron chi connectivity index (χ4n) is 1.36. The SMILES string of the molecule is CCc1nc(SCC(=O)Nc2ccc(Br)cc2)n[nH]1. The van der Waals surface area contributed by atoms with E-state index < -0.39 is 0 Å². The van der Waals surface area contributed by atoms with Crippen LogP contribution >= 0.6 is 27.7 Å². The monoisotopic (exact) mass is 340 g/mol. The highest BCUT2D eigenvalue weighted by Crippen LogP contribution is 2.16. The highest BCUT2D eigenvalue weighted by atomic mass is 79.9. The number of carbonyl (C=O) groups is 1. The number of halogens is 1. The molecule has 0 fully saturated rings.